The molecule has 1 amide bonds. The molecule has 1 aliphatic rings. The Hall–Kier alpha value is -2.21. The van der Waals surface area contributed by atoms with Crippen molar-refractivity contribution < 1.29 is 4.79 Å². The van der Waals surface area contributed by atoms with Crippen LogP contribution >= 0.6 is 0 Å². The second-order valence-corrected chi connectivity index (χ2v) is 5.41. The Bertz CT molecular complexity index is 608. The van der Waals surface area contributed by atoms with Gasteiger partial charge in [-0.1, -0.05) is 0 Å². The normalized spacial score (nSPS) is 19.7. The van der Waals surface area contributed by atoms with Crippen LogP contribution in [0.25, 0.3) is 0 Å². The maximum absolute atomic E-state index is 12.6. The molecule has 0 saturated carbocycles. The van der Waals surface area contributed by atoms with E-state index in [1.165, 1.54) is 0 Å². The molecule has 2 aromatic heterocycles. The zero-order valence-electron chi connectivity index (χ0n) is 12.3. The summed E-state index contributed by atoms with van der Waals surface area (Å²) in [5.74, 6) is 0.934. The minimum absolute atomic E-state index is 0.0344. The minimum atomic E-state index is 0.0344. The lowest BCUT2D eigenvalue weighted by molar-refractivity contribution is 0.0534. The van der Waals surface area contributed by atoms with Gasteiger partial charge in [-0.3, -0.25) is 14.7 Å². The van der Waals surface area contributed by atoms with Gasteiger partial charge in [0.25, 0.3) is 5.91 Å². The van der Waals surface area contributed by atoms with Gasteiger partial charge in [-0.05, 0) is 26.1 Å². The van der Waals surface area contributed by atoms with Crippen LogP contribution in [0, 0.1) is 6.92 Å². The number of nitrogens with one attached hydrogen (secondary N) is 1. The largest absolute Gasteiger partial charge is 0.347 e. The number of aryl methyl sites for hydroxylation is 1. The van der Waals surface area contributed by atoms with Gasteiger partial charge in [0, 0.05) is 43.9 Å². The molecular weight excluding hydrogens is 266 g/mol. The smallest absolute Gasteiger partial charge is 0.255 e. The number of pyridine rings is 1. The highest BCUT2D eigenvalue weighted by Gasteiger charge is 2.30. The van der Waals surface area contributed by atoms with Gasteiger partial charge in [0.2, 0.25) is 0 Å². The molecule has 1 atom stereocenters. The first-order chi connectivity index (χ1) is 10.1. The highest BCUT2D eigenvalue weighted by Crippen LogP contribution is 2.22. The van der Waals surface area contributed by atoms with Crippen molar-refractivity contribution in [3.05, 3.63) is 47.8 Å². The van der Waals surface area contributed by atoms with Crippen molar-refractivity contribution in [1.29, 1.82) is 0 Å². The molecular formula is C15H19N5O. The molecule has 110 valence electrons. The van der Waals surface area contributed by atoms with Crippen molar-refractivity contribution in [1.82, 2.24) is 24.8 Å². The lowest BCUT2D eigenvalue weighted by Gasteiger charge is -2.38. The van der Waals surface area contributed by atoms with Gasteiger partial charge in [-0.25, -0.2) is 4.98 Å². The van der Waals surface area contributed by atoms with Gasteiger partial charge >= 0.3 is 0 Å². The van der Waals surface area contributed by atoms with E-state index in [2.05, 4.69) is 26.9 Å². The van der Waals surface area contributed by atoms with E-state index in [0.29, 0.717) is 12.1 Å². The summed E-state index contributed by atoms with van der Waals surface area (Å²) < 4.78 is 0. The van der Waals surface area contributed by atoms with Gasteiger partial charge in [0.05, 0.1) is 11.6 Å². The van der Waals surface area contributed by atoms with Crippen LogP contribution in [0.4, 0.5) is 0 Å². The minimum Gasteiger partial charge on any atom is -0.347 e. The molecule has 0 unspecified atom stereocenters. The first-order valence-corrected chi connectivity index (χ1v) is 7.06. The standard InChI is InChI=1S/C15H19N5O/c1-11-3-4-12(9-18-11)15(21)20-8-7-19(2)13(10-20)14-16-5-6-17-14/h3-6,9,13H,7-8,10H2,1-2H3,(H,16,17)/t13-/m0/s1. The molecule has 0 radical (unpaired) electrons. The van der Waals surface area contributed by atoms with Crippen LogP contribution in [0.3, 0.4) is 0 Å². The molecule has 0 aliphatic carbocycles. The number of imidazole rings is 1. The van der Waals surface area contributed by atoms with Crippen LogP contribution in [0.15, 0.2) is 30.7 Å². The maximum atomic E-state index is 12.6. The number of aromatic amines is 1. The number of likely N-dealkylation sites (N-methyl/N-ethyl adjacent to an activating group) is 1. The van der Waals surface area contributed by atoms with Crippen LogP contribution in [0.2, 0.25) is 0 Å². The number of amides is 1. The summed E-state index contributed by atoms with van der Waals surface area (Å²) in [7, 11) is 2.06. The lowest BCUT2D eigenvalue weighted by atomic mass is 10.1. The van der Waals surface area contributed by atoms with E-state index in [9.17, 15) is 4.79 Å². The van der Waals surface area contributed by atoms with E-state index < -0.39 is 0 Å². The maximum Gasteiger partial charge on any atom is 0.255 e. The summed E-state index contributed by atoms with van der Waals surface area (Å²) in [4.78, 5) is 28.3. The average molecular weight is 285 g/mol. The average Bonchev–Trinajstić information content (AvgIpc) is 3.02. The number of rotatable bonds is 2. The van der Waals surface area contributed by atoms with Crippen molar-refractivity contribution >= 4 is 5.91 Å². The van der Waals surface area contributed by atoms with E-state index in [-0.39, 0.29) is 11.9 Å². The topological polar surface area (TPSA) is 65.1 Å². The highest BCUT2D eigenvalue weighted by molar-refractivity contribution is 5.94. The number of carbonyl (C=O) groups is 1. The number of hydrogen-bond acceptors (Lipinski definition) is 4. The Kier molecular flexibility index (Phi) is 3.70. The molecule has 6 nitrogen and oxygen atoms in total. The monoisotopic (exact) mass is 285 g/mol. The van der Waals surface area contributed by atoms with E-state index in [4.69, 9.17) is 0 Å². The Morgan fingerprint density at radius 3 is 2.86 bits per heavy atom. The molecule has 21 heavy (non-hydrogen) atoms. The van der Waals surface area contributed by atoms with Gasteiger partial charge in [0.15, 0.2) is 0 Å². The van der Waals surface area contributed by atoms with Gasteiger partial charge in [-0.2, -0.15) is 0 Å². The van der Waals surface area contributed by atoms with Crippen molar-refractivity contribution in [2.24, 2.45) is 0 Å². The number of aromatic nitrogens is 3. The molecule has 0 aromatic carbocycles. The van der Waals surface area contributed by atoms with Crippen LogP contribution in [0.5, 0.6) is 0 Å². The SMILES string of the molecule is Cc1ccc(C(=O)N2CCN(C)[C@H](c3ncc[nH]3)C2)cn1. The second kappa shape index (κ2) is 5.65. The predicted molar refractivity (Wildman–Crippen MR) is 78.8 cm³/mol. The third kappa shape index (κ3) is 2.80. The van der Waals surface area contributed by atoms with Crippen LogP contribution in [-0.2, 0) is 0 Å². The number of carbonyl (C=O) groups excluding carboxylic acids is 1. The fourth-order valence-corrected chi connectivity index (χ4v) is 2.59. The molecule has 1 fully saturated rings. The van der Waals surface area contributed by atoms with Gasteiger partial charge in [-0.15, -0.1) is 0 Å². The predicted octanol–water partition coefficient (Wildman–Crippen LogP) is 1.24. The Morgan fingerprint density at radius 1 is 1.33 bits per heavy atom. The molecule has 3 rings (SSSR count). The van der Waals surface area contributed by atoms with Gasteiger partial charge in [0.1, 0.15) is 5.82 Å². The molecule has 0 bridgehead atoms. The van der Waals surface area contributed by atoms with Crippen LogP contribution in [-0.4, -0.2) is 57.3 Å². The first kappa shape index (κ1) is 13.8. The Balaban J connectivity index is 1.77. The van der Waals surface area contributed by atoms with Gasteiger partial charge < -0.3 is 9.88 Å². The van der Waals surface area contributed by atoms with E-state index >= 15 is 0 Å². The summed E-state index contributed by atoms with van der Waals surface area (Å²) in [5.41, 5.74) is 1.56. The van der Waals surface area contributed by atoms with Crippen molar-refractivity contribution in [3.63, 3.8) is 0 Å². The molecule has 3 heterocycles. The summed E-state index contributed by atoms with van der Waals surface area (Å²) in [6, 6.07) is 3.81. The van der Waals surface area contributed by atoms with E-state index in [1.54, 1.807) is 12.4 Å². The van der Waals surface area contributed by atoms with E-state index in [0.717, 1.165) is 24.6 Å². The molecule has 1 N–H and O–H groups in total. The van der Waals surface area contributed by atoms with Crippen LogP contribution in [0.1, 0.15) is 27.9 Å². The van der Waals surface area contributed by atoms with Crippen molar-refractivity contribution in [2.75, 3.05) is 26.7 Å². The molecule has 2 aromatic rings. The molecule has 6 heteroatoms. The van der Waals surface area contributed by atoms with Crippen LogP contribution < -0.4 is 0 Å². The zero-order chi connectivity index (χ0) is 14.8. The third-order valence-electron chi connectivity index (χ3n) is 3.93. The Labute approximate surface area is 123 Å². The fraction of sp³-hybridized carbons (Fsp3) is 0.400. The summed E-state index contributed by atoms with van der Waals surface area (Å²) in [5, 5.41) is 0. The van der Waals surface area contributed by atoms with Crippen molar-refractivity contribution in [2.45, 2.75) is 13.0 Å². The quantitative estimate of drug-likeness (QED) is 0.901. The second-order valence-electron chi connectivity index (χ2n) is 5.41. The molecule has 1 saturated heterocycles. The lowest BCUT2D eigenvalue weighted by Crippen LogP contribution is -2.49. The number of nitrogens with zero attached hydrogens (tertiary/aromatic N) is 4. The third-order valence-corrected chi connectivity index (χ3v) is 3.93. The number of H-pyrrole nitrogens is 1. The summed E-state index contributed by atoms with van der Waals surface area (Å²) in [6.07, 6.45) is 5.21. The highest BCUT2D eigenvalue weighted by atomic mass is 16.2. The number of piperazine rings is 1. The van der Waals surface area contributed by atoms with Crippen molar-refractivity contribution in [3.8, 4) is 0 Å². The molecule has 1 aliphatic heterocycles. The first-order valence-electron chi connectivity index (χ1n) is 7.06. The number of hydrogen-bond donors (Lipinski definition) is 1. The summed E-state index contributed by atoms with van der Waals surface area (Å²) >= 11 is 0. The molecule has 0 spiro atoms. The fourth-order valence-electron chi connectivity index (χ4n) is 2.59. The zero-order valence-corrected chi connectivity index (χ0v) is 12.3. The summed E-state index contributed by atoms with van der Waals surface area (Å²) in [6.45, 7) is 4.10. The van der Waals surface area contributed by atoms with E-state index in [1.807, 2.05) is 30.2 Å². The Morgan fingerprint density at radius 2 is 2.19 bits per heavy atom.